The molecule has 1 saturated heterocycles. The van der Waals surface area contributed by atoms with Crippen molar-refractivity contribution in [3.05, 3.63) is 0 Å². The van der Waals surface area contributed by atoms with Crippen LogP contribution < -0.4 is 0 Å². The molecule has 7 heteroatoms. The van der Waals surface area contributed by atoms with E-state index < -0.39 is 6.16 Å². The third kappa shape index (κ3) is 7.13. The lowest BCUT2D eigenvalue weighted by Crippen LogP contribution is -2.30. The Balaban J connectivity index is 2.29. The summed E-state index contributed by atoms with van der Waals surface area (Å²) in [5, 5.41) is 8.74. The Hall–Kier alpha value is -0.820. The van der Waals surface area contributed by atoms with Gasteiger partial charge in [-0.1, -0.05) is 43.7 Å². The van der Waals surface area contributed by atoms with Gasteiger partial charge in [-0.25, -0.2) is 4.79 Å². The van der Waals surface area contributed by atoms with Gasteiger partial charge >= 0.3 is 6.16 Å². The number of carbonyl (C=O) groups is 2. The minimum Gasteiger partial charge on any atom is -0.450 e. The van der Waals surface area contributed by atoms with Crippen LogP contribution in [0.25, 0.3) is 0 Å². The van der Waals surface area contributed by atoms with Crippen LogP contribution in [0.5, 0.6) is 0 Å². The molecular weight excluding hydrogens is 310 g/mol. The van der Waals surface area contributed by atoms with Crippen molar-refractivity contribution in [2.75, 3.05) is 12.3 Å². The average molecular weight is 333 g/mol. The van der Waals surface area contributed by atoms with Crippen molar-refractivity contribution in [3.63, 3.8) is 0 Å². The molecule has 1 amide bonds. The van der Waals surface area contributed by atoms with Crippen molar-refractivity contribution < 1.29 is 19.4 Å². The topological polar surface area (TPSA) is 66.8 Å². The quantitative estimate of drug-likeness (QED) is 0.394. The maximum absolute atomic E-state index is 12.0. The summed E-state index contributed by atoms with van der Waals surface area (Å²) < 4.78 is 5.54. The van der Waals surface area contributed by atoms with Crippen LogP contribution in [0, 0.1) is 0 Å². The van der Waals surface area contributed by atoms with Gasteiger partial charge in [-0.2, -0.15) is 0 Å². The molecule has 1 N–H and O–H groups in total. The normalized spacial score (nSPS) is 16.0. The largest absolute Gasteiger partial charge is 0.506 e. The maximum atomic E-state index is 12.0. The molecule has 1 unspecified atom stereocenters. The second-order valence-corrected chi connectivity index (χ2v) is 6.78. The van der Waals surface area contributed by atoms with Gasteiger partial charge in [0.1, 0.15) is 10.4 Å². The lowest BCUT2D eigenvalue weighted by Gasteiger charge is -2.17. The first kappa shape index (κ1) is 18.2. The number of carbonyl (C=O) groups excluding carboxylic acids is 1. The van der Waals surface area contributed by atoms with Crippen molar-refractivity contribution in [1.29, 1.82) is 0 Å². The summed E-state index contributed by atoms with van der Waals surface area (Å²) in [6.45, 7) is 2.79. The van der Waals surface area contributed by atoms with Crippen LogP contribution >= 0.6 is 24.0 Å². The number of nitrogens with zero attached hydrogens (tertiary/aromatic N) is 1. The van der Waals surface area contributed by atoms with Crippen LogP contribution in [0.2, 0.25) is 0 Å². The highest BCUT2D eigenvalue weighted by Crippen LogP contribution is 2.20. The number of ether oxygens (including phenoxy) is 1. The number of thioether (sulfide) groups is 1. The average Bonchev–Trinajstić information content (AvgIpc) is 2.84. The fourth-order valence-electron chi connectivity index (χ4n) is 2.26. The molecule has 0 saturated carbocycles. The van der Waals surface area contributed by atoms with Crippen LogP contribution in [0.15, 0.2) is 0 Å². The van der Waals surface area contributed by atoms with Crippen LogP contribution in [-0.2, 0) is 9.53 Å². The minimum atomic E-state index is -1.24. The van der Waals surface area contributed by atoms with Crippen molar-refractivity contribution >= 4 is 40.4 Å². The molecule has 1 atom stereocenters. The van der Waals surface area contributed by atoms with E-state index in [1.54, 1.807) is 4.90 Å². The van der Waals surface area contributed by atoms with Crippen molar-refractivity contribution in [2.24, 2.45) is 0 Å². The summed E-state index contributed by atoms with van der Waals surface area (Å²) in [6.07, 6.45) is 3.92. The van der Waals surface area contributed by atoms with Gasteiger partial charge in [0.25, 0.3) is 0 Å². The molecule has 0 aromatic rings. The second kappa shape index (κ2) is 10.00. The second-order valence-electron chi connectivity index (χ2n) is 5.05. The number of rotatable bonds is 9. The molecule has 1 fully saturated rings. The molecule has 1 aliphatic rings. The fourth-order valence-corrected chi connectivity index (χ4v) is 3.50. The Morgan fingerprint density at radius 3 is 2.67 bits per heavy atom. The van der Waals surface area contributed by atoms with Crippen LogP contribution in [0.4, 0.5) is 4.79 Å². The van der Waals surface area contributed by atoms with E-state index in [1.165, 1.54) is 11.8 Å². The fraction of sp³-hybridized carbons (Fsp3) is 0.786. The molecule has 0 aliphatic carbocycles. The summed E-state index contributed by atoms with van der Waals surface area (Å²) >= 11 is 6.64. The standard InChI is InChI=1S/C14H23NO4S2/c1-2-3-4-6-11(19-14(17)18)7-5-8-12(16)15-9-10-21-13(15)20/h11H,2-10H2,1H3,(H,17,18). The summed E-state index contributed by atoms with van der Waals surface area (Å²) in [5.74, 6) is 0.902. The van der Waals surface area contributed by atoms with Crippen LogP contribution in [0.1, 0.15) is 51.9 Å². The van der Waals surface area contributed by atoms with E-state index >= 15 is 0 Å². The van der Waals surface area contributed by atoms with Gasteiger partial charge in [0.2, 0.25) is 5.91 Å². The van der Waals surface area contributed by atoms with E-state index in [9.17, 15) is 9.59 Å². The molecule has 1 heterocycles. The third-order valence-corrected chi connectivity index (χ3v) is 4.80. The monoisotopic (exact) mass is 333 g/mol. The first-order valence-corrected chi connectivity index (χ1v) is 8.80. The first-order valence-electron chi connectivity index (χ1n) is 7.41. The predicted octanol–water partition coefficient (Wildman–Crippen LogP) is 3.66. The highest BCUT2D eigenvalue weighted by atomic mass is 32.2. The van der Waals surface area contributed by atoms with Crippen molar-refractivity contribution in [3.8, 4) is 0 Å². The molecule has 0 spiro atoms. The number of hydrogen-bond acceptors (Lipinski definition) is 5. The van der Waals surface area contributed by atoms with E-state index in [-0.39, 0.29) is 12.0 Å². The molecule has 120 valence electrons. The lowest BCUT2D eigenvalue weighted by atomic mass is 10.0. The van der Waals surface area contributed by atoms with E-state index in [4.69, 9.17) is 22.1 Å². The van der Waals surface area contributed by atoms with Gasteiger partial charge < -0.3 is 9.84 Å². The molecule has 21 heavy (non-hydrogen) atoms. The van der Waals surface area contributed by atoms with Gasteiger partial charge in [-0.15, -0.1) is 0 Å². The van der Waals surface area contributed by atoms with Crippen molar-refractivity contribution in [2.45, 2.75) is 58.0 Å². The van der Waals surface area contributed by atoms with Crippen LogP contribution in [0.3, 0.4) is 0 Å². The third-order valence-electron chi connectivity index (χ3n) is 3.38. The van der Waals surface area contributed by atoms with Crippen molar-refractivity contribution in [1.82, 2.24) is 4.90 Å². The summed E-state index contributed by atoms with van der Waals surface area (Å²) in [4.78, 5) is 24.3. The van der Waals surface area contributed by atoms with E-state index in [2.05, 4.69) is 6.92 Å². The van der Waals surface area contributed by atoms with E-state index in [1.807, 2.05) is 0 Å². The minimum absolute atomic E-state index is 0.0348. The Bertz CT molecular complexity index is 376. The van der Waals surface area contributed by atoms with Gasteiger partial charge in [0.15, 0.2) is 0 Å². The molecule has 0 radical (unpaired) electrons. The predicted molar refractivity (Wildman–Crippen MR) is 87.7 cm³/mol. The molecular formula is C14H23NO4S2. The van der Waals surface area contributed by atoms with Gasteiger partial charge in [-0.3, -0.25) is 9.69 Å². The number of thiocarbonyl (C=S) groups is 1. The smallest absolute Gasteiger partial charge is 0.450 e. The molecule has 0 aromatic carbocycles. The Labute approximate surface area is 135 Å². The number of hydrogen-bond donors (Lipinski definition) is 1. The Morgan fingerprint density at radius 1 is 1.38 bits per heavy atom. The molecule has 1 rings (SSSR count). The van der Waals surface area contributed by atoms with Gasteiger partial charge in [0, 0.05) is 18.7 Å². The lowest BCUT2D eigenvalue weighted by molar-refractivity contribution is -0.127. The van der Waals surface area contributed by atoms with Gasteiger partial charge in [0.05, 0.1) is 0 Å². The van der Waals surface area contributed by atoms with E-state index in [0.29, 0.717) is 30.1 Å². The number of carboxylic acid groups (broad SMARTS) is 1. The zero-order chi connectivity index (χ0) is 15.7. The Kier molecular flexibility index (Phi) is 8.68. The summed E-state index contributed by atoms with van der Waals surface area (Å²) in [6, 6.07) is 0. The molecule has 0 aromatic heterocycles. The maximum Gasteiger partial charge on any atom is 0.506 e. The van der Waals surface area contributed by atoms with E-state index in [0.717, 1.165) is 31.4 Å². The Morgan fingerprint density at radius 2 is 2.10 bits per heavy atom. The molecule has 0 bridgehead atoms. The summed E-state index contributed by atoms with van der Waals surface area (Å²) in [7, 11) is 0. The van der Waals surface area contributed by atoms with Crippen LogP contribution in [-0.4, -0.2) is 44.8 Å². The number of amides is 1. The van der Waals surface area contributed by atoms with Gasteiger partial charge in [-0.05, 0) is 25.7 Å². The molecule has 1 aliphatic heterocycles. The zero-order valence-electron chi connectivity index (χ0n) is 12.4. The highest BCUT2D eigenvalue weighted by Gasteiger charge is 2.24. The highest BCUT2D eigenvalue weighted by molar-refractivity contribution is 8.23. The SMILES string of the molecule is CCCCCC(CCCC(=O)N1CCSC1=S)OC(=O)O. The molecule has 5 nitrogen and oxygen atoms in total. The summed E-state index contributed by atoms with van der Waals surface area (Å²) in [5.41, 5.74) is 0. The zero-order valence-corrected chi connectivity index (χ0v) is 14.0. The first-order chi connectivity index (χ1) is 10.0. The number of unbranched alkanes of at least 4 members (excludes halogenated alkanes) is 2.